The Morgan fingerprint density at radius 2 is 1.80 bits per heavy atom. The van der Waals surface area contributed by atoms with Gasteiger partial charge in [-0.15, -0.1) is 0 Å². The first-order valence-corrected chi connectivity index (χ1v) is 7.89. The topological polar surface area (TPSA) is 85.9 Å². The predicted molar refractivity (Wildman–Crippen MR) is 89.6 cm³/mol. The minimum atomic E-state index is -0.837. The van der Waals surface area contributed by atoms with Gasteiger partial charge in [0.2, 0.25) is 6.10 Å². The molecule has 1 heterocycles. The maximum Gasteiger partial charge on any atom is 0.283 e. The third kappa shape index (κ3) is 4.00. The van der Waals surface area contributed by atoms with Crippen LogP contribution in [0.4, 0.5) is 0 Å². The zero-order chi connectivity index (χ0) is 17.6. The van der Waals surface area contributed by atoms with E-state index >= 15 is 0 Å². The summed E-state index contributed by atoms with van der Waals surface area (Å²) in [5.41, 5.74) is 5.10. The van der Waals surface area contributed by atoms with Gasteiger partial charge in [0.25, 0.3) is 11.8 Å². The second kappa shape index (κ2) is 7.57. The molecule has 0 unspecified atom stereocenters. The molecule has 1 atom stereocenters. The first-order chi connectivity index (χ1) is 12.2. The van der Waals surface area contributed by atoms with Crippen molar-refractivity contribution in [3.63, 3.8) is 0 Å². The van der Waals surface area contributed by atoms with Crippen LogP contribution in [-0.4, -0.2) is 31.1 Å². The number of hydrogen-bond donors (Lipinski definition) is 2. The van der Waals surface area contributed by atoms with Gasteiger partial charge >= 0.3 is 0 Å². The molecule has 7 heteroatoms. The van der Waals surface area contributed by atoms with Crippen LogP contribution in [0.2, 0.25) is 0 Å². The van der Waals surface area contributed by atoms with Crippen molar-refractivity contribution in [1.29, 1.82) is 0 Å². The Bertz CT molecular complexity index is 760. The molecular weight excluding hydrogens is 324 g/mol. The number of para-hydroxylation sites is 2. The fourth-order valence-corrected chi connectivity index (χ4v) is 2.29. The van der Waals surface area contributed by atoms with E-state index in [0.29, 0.717) is 29.4 Å². The number of ether oxygens (including phenoxy) is 3. The van der Waals surface area contributed by atoms with E-state index in [0.717, 1.165) is 0 Å². The van der Waals surface area contributed by atoms with Crippen LogP contribution >= 0.6 is 0 Å². The minimum Gasteiger partial charge on any atom is -0.494 e. The molecule has 0 spiro atoms. The summed E-state index contributed by atoms with van der Waals surface area (Å²) < 4.78 is 16.4. The van der Waals surface area contributed by atoms with Gasteiger partial charge in [-0.25, -0.2) is 0 Å². The molecule has 1 aliphatic rings. The number of rotatable bonds is 4. The Kier molecular flexibility index (Phi) is 5.03. The number of nitrogens with one attached hydrogen (secondary N) is 2. The molecule has 0 radical (unpaired) electrons. The van der Waals surface area contributed by atoms with Gasteiger partial charge in [0.1, 0.15) is 12.4 Å². The number of hydrogen-bond acceptors (Lipinski definition) is 5. The first kappa shape index (κ1) is 16.6. The minimum absolute atomic E-state index is 0.0712. The van der Waals surface area contributed by atoms with Crippen molar-refractivity contribution in [2.75, 3.05) is 13.2 Å². The second-order valence-corrected chi connectivity index (χ2v) is 5.26. The van der Waals surface area contributed by atoms with Crippen LogP contribution in [0, 0.1) is 0 Å². The molecule has 0 saturated carbocycles. The predicted octanol–water partition coefficient (Wildman–Crippen LogP) is 1.69. The summed E-state index contributed by atoms with van der Waals surface area (Å²) in [5, 5.41) is 0. The molecule has 0 aromatic heterocycles. The lowest BCUT2D eigenvalue weighted by Gasteiger charge is -2.25. The highest BCUT2D eigenvalue weighted by molar-refractivity contribution is 5.95. The van der Waals surface area contributed by atoms with Crippen LogP contribution < -0.4 is 25.1 Å². The maximum atomic E-state index is 12.1. The Balaban J connectivity index is 1.53. The van der Waals surface area contributed by atoms with Gasteiger partial charge in [0.15, 0.2) is 11.5 Å². The monoisotopic (exact) mass is 342 g/mol. The maximum absolute atomic E-state index is 12.1. The molecule has 130 valence electrons. The van der Waals surface area contributed by atoms with E-state index in [1.165, 1.54) is 0 Å². The van der Waals surface area contributed by atoms with E-state index < -0.39 is 17.9 Å². The number of benzene rings is 2. The second-order valence-electron chi connectivity index (χ2n) is 5.26. The van der Waals surface area contributed by atoms with Gasteiger partial charge in [0, 0.05) is 5.56 Å². The van der Waals surface area contributed by atoms with Gasteiger partial charge in [-0.1, -0.05) is 12.1 Å². The van der Waals surface area contributed by atoms with Crippen LogP contribution in [-0.2, 0) is 4.79 Å². The zero-order valence-electron chi connectivity index (χ0n) is 13.7. The molecule has 2 N–H and O–H groups in total. The van der Waals surface area contributed by atoms with Crippen molar-refractivity contribution in [2.45, 2.75) is 13.0 Å². The molecule has 2 aromatic rings. The van der Waals surface area contributed by atoms with Crippen molar-refractivity contribution in [2.24, 2.45) is 0 Å². The molecule has 2 aromatic carbocycles. The third-order valence-corrected chi connectivity index (χ3v) is 3.53. The van der Waals surface area contributed by atoms with Crippen LogP contribution in [0.3, 0.4) is 0 Å². The summed E-state index contributed by atoms with van der Waals surface area (Å²) in [6, 6.07) is 13.7. The van der Waals surface area contributed by atoms with E-state index in [4.69, 9.17) is 14.2 Å². The Hall–Kier alpha value is -3.22. The summed E-state index contributed by atoms with van der Waals surface area (Å²) in [6.07, 6.45) is -0.837. The number of fused-ring (bicyclic) bond motifs is 1. The quantitative estimate of drug-likeness (QED) is 0.826. The van der Waals surface area contributed by atoms with Crippen LogP contribution in [0.1, 0.15) is 17.3 Å². The fourth-order valence-electron chi connectivity index (χ4n) is 2.29. The highest BCUT2D eigenvalue weighted by Crippen LogP contribution is 2.30. The van der Waals surface area contributed by atoms with E-state index in [1.54, 1.807) is 42.5 Å². The summed E-state index contributed by atoms with van der Waals surface area (Å²) in [7, 11) is 0. The van der Waals surface area contributed by atoms with Gasteiger partial charge in [-0.3, -0.25) is 20.4 Å². The van der Waals surface area contributed by atoms with E-state index in [9.17, 15) is 9.59 Å². The molecule has 0 aliphatic carbocycles. The standard InChI is InChI=1S/C18H18N2O5/c1-2-23-13-9-7-12(8-10-13)17(21)19-20-18(22)16-11-24-14-5-3-4-6-15(14)25-16/h3-10,16H,2,11H2,1H3,(H,19,21)(H,20,22)/t16-/m1/s1. The van der Waals surface area contributed by atoms with Crippen LogP contribution in [0.25, 0.3) is 0 Å². The van der Waals surface area contributed by atoms with E-state index in [-0.39, 0.29) is 6.61 Å². The van der Waals surface area contributed by atoms with Gasteiger partial charge in [-0.05, 0) is 43.3 Å². The van der Waals surface area contributed by atoms with Crippen molar-refractivity contribution in [3.8, 4) is 17.2 Å². The van der Waals surface area contributed by atoms with Gasteiger partial charge in [0.05, 0.1) is 6.61 Å². The average Bonchev–Trinajstić information content (AvgIpc) is 2.66. The van der Waals surface area contributed by atoms with Crippen molar-refractivity contribution >= 4 is 11.8 Å². The van der Waals surface area contributed by atoms with Crippen molar-refractivity contribution in [3.05, 3.63) is 54.1 Å². The van der Waals surface area contributed by atoms with Crippen molar-refractivity contribution < 1.29 is 23.8 Å². The number of carbonyl (C=O) groups excluding carboxylic acids is 2. The number of amides is 2. The molecule has 0 bridgehead atoms. The Labute approximate surface area is 144 Å². The average molecular weight is 342 g/mol. The molecule has 25 heavy (non-hydrogen) atoms. The Morgan fingerprint density at radius 3 is 2.52 bits per heavy atom. The van der Waals surface area contributed by atoms with Gasteiger partial charge in [-0.2, -0.15) is 0 Å². The normalized spacial score (nSPS) is 15.2. The molecule has 3 rings (SSSR count). The number of hydrazine groups is 1. The lowest BCUT2D eigenvalue weighted by atomic mass is 10.2. The van der Waals surface area contributed by atoms with Gasteiger partial charge < -0.3 is 14.2 Å². The van der Waals surface area contributed by atoms with E-state index in [2.05, 4.69) is 10.9 Å². The zero-order valence-corrected chi connectivity index (χ0v) is 13.7. The summed E-state index contributed by atoms with van der Waals surface area (Å²) in [5.74, 6) is 0.827. The smallest absolute Gasteiger partial charge is 0.283 e. The molecule has 0 saturated heterocycles. The molecule has 7 nitrogen and oxygen atoms in total. The first-order valence-electron chi connectivity index (χ1n) is 7.89. The highest BCUT2D eigenvalue weighted by Gasteiger charge is 2.27. The molecule has 0 fully saturated rings. The molecular formula is C18H18N2O5. The van der Waals surface area contributed by atoms with Crippen LogP contribution in [0.15, 0.2) is 48.5 Å². The lowest BCUT2D eigenvalue weighted by molar-refractivity contribution is -0.131. The molecule has 1 aliphatic heterocycles. The fraction of sp³-hybridized carbons (Fsp3) is 0.222. The Morgan fingerprint density at radius 1 is 1.08 bits per heavy atom. The highest BCUT2D eigenvalue weighted by atomic mass is 16.6. The van der Waals surface area contributed by atoms with Crippen LogP contribution in [0.5, 0.6) is 17.2 Å². The summed E-state index contributed by atoms with van der Waals surface area (Å²) in [4.78, 5) is 24.2. The van der Waals surface area contributed by atoms with Crippen molar-refractivity contribution in [1.82, 2.24) is 10.9 Å². The summed E-state index contributed by atoms with van der Waals surface area (Å²) >= 11 is 0. The molecule has 2 amide bonds. The number of carbonyl (C=O) groups is 2. The lowest BCUT2D eigenvalue weighted by Crippen LogP contribution is -2.50. The SMILES string of the molecule is CCOc1ccc(C(=O)NNC(=O)[C@H]2COc3ccccc3O2)cc1. The van der Waals surface area contributed by atoms with E-state index in [1.807, 2.05) is 13.0 Å². The third-order valence-electron chi connectivity index (χ3n) is 3.53. The summed E-state index contributed by atoms with van der Waals surface area (Å²) in [6.45, 7) is 2.50. The largest absolute Gasteiger partial charge is 0.494 e.